The molecular formula is C13H15N3O2. The van der Waals surface area contributed by atoms with Gasteiger partial charge in [-0.3, -0.25) is 0 Å². The molecule has 2 heterocycles. The summed E-state index contributed by atoms with van der Waals surface area (Å²) in [7, 11) is 0. The van der Waals surface area contributed by atoms with E-state index in [1.54, 1.807) is 6.07 Å². The summed E-state index contributed by atoms with van der Waals surface area (Å²) in [6.07, 6.45) is 2.33. The van der Waals surface area contributed by atoms with Crippen molar-refractivity contribution in [3.05, 3.63) is 23.8 Å². The molecule has 0 aliphatic carbocycles. The first-order valence-corrected chi connectivity index (χ1v) is 6.13. The van der Waals surface area contributed by atoms with E-state index < -0.39 is 0 Å². The quantitative estimate of drug-likeness (QED) is 0.880. The monoisotopic (exact) mass is 245 g/mol. The number of aryl methyl sites for hydroxylation is 1. The van der Waals surface area contributed by atoms with Gasteiger partial charge in [-0.2, -0.15) is 4.98 Å². The first-order chi connectivity index (χ1) is 8.75. The molecule has 1 aliphatic heterocycles. The summed E-state index contributed by atoms with van der Waals surface area (Å²) in [5.41, 5.74) is 1.39. The van der Waals surface area contributed by atoms with Crippen LogP contribution in [0.1, 0.15) is 18.4 Å². The van der Waals surface area contributed by atoms with Gasteiger partial charge in [0.15, 0.2) is 0 Å². The van der Waals surface area contributed by atoms with Crippen molar-refractivity contribution in [2.75, 3.05) is 18.0 Å². The molecular weight excluding hydrogens is 230 g/mol. The third-order valence-corrected chi connectivity index (χ3v) is 3.27. The number of para-hydroxylation sites is 1. The molecule has 1 aromatic carbocycles. The second kappa shape index (κ2) is 4.33. The van der Waals surface area contributed by atoms with Crippen LogP contribution in [0.3, 0.4) is 0 Å². The highest BCUT2D eigenvalue weighted by atomic mass is 16.5. The molecule has 94 valence electrons. The Morgan fingerprint density at radius 2 is 2.06 bits per heavy atom. The molecule has 2 aromatic rings. The molecule has 1 aliphatic rings. The SMILES string of the molecule is Cc1cccc(-c2nc(N3CCCC3)no2)c1O. The van der Waals surface area contributed by atoms with E-state index in [1.165, 1.54) is 12.8 Å². The molecule has 0 bridgehead atoms. The second-order valence-electron chi connectivity index (χ2n) is 4.56. The van der Waals surface area contributed by atoms with E-state index in [4.69, 9.17) is 4.52 Å². The Balaban J connectivity index is 1.95. The smallest absolute Gasteiger partial charge is 0.266 e. The first-order valence-electron chi connectivity index (χ1n) is 6.13. The fraction of sp³-hybridized carbons (Fsp3) is 0.385. The van der Waals surface area contributed by atoms with Crippen molar-refractivity contribution >= 4 is 5.95 Å². The van der Waals surface area contributed by atoms with Crippen LogP contribution in [0.2, 0.25) is 0 Å². The molecule has 5 heteroatoms. The molecule has 0 saturated carbocycles. The standard InChI is InChI=1S/C13H15N3O2/c1-9-5-4-6-10(11(9)17)12-14-13(15-18-12)16-7-2-3-8-16/h4-6,17H,2-3,7-8H2,1H3. The predicted octanol–water partition coefficient (Wildman–Crippen LogP) is 2.35. The van der Waals surface area contributed by atoms with Crippen molar-refractivity contribution in [2.45, 2.75) is 19.8 Å². The normalized spacial score (nSPS) is 15.3. The average Bonchev–Trinajstić information content (AvgIpc) is 3.01. The Morgan fingerprint density at radius 3 is 2.83 bits per heavy atom. The van der Waals surface area contributed by atoms with Gasteiger partial charge in [0.2, 0.25) is 0 Å². The van der Waals surface area contributed by atoms with Crippen molar-refractivity contribution < 1.29 is 9.63 Å². The highest BCUT2D eigenvalue weighted by Crippen LogP contribution is 2.31. The molecule has 0 spiro atoms. The van der Waals surface area contributed by atoms with Crippen LogP contribution in [-0.4, -0.2) is 28.3 Å². The lowest BCUT2D eigenvalue weighted by molar-refractivity contribution is 0.423. The van der Waals surface area contributed by atoms with Crippen molar-refractivity contribution in [3.63, 3.8) is 0 Å². The largest absolute Gasteiger partial charge is 0.507 e. The third-order valence-electron chi connectivity index (χ3n) is 3.27. The van der Waals surface area contributed by atoms with E-state index in [0.29, 0.717) is 17.4 Å². The van der Waals surface area contributed by atoms with Gasteiger partial charge in [0, 0.05) is 13.1 Å². The summed E-state index contributed by atoms with van der Waals surface area (Å²) in [6, 6.07) is 5.49. The Kier molecular flexibility index (Phi) is 2.66. The van der Waals surface area contributed by atoms with E-state index in [1.807, 2.05) is 19.1 Å². The number of phenols is 1. The summed E-state index contributed by atoms with van der Waals surface area (Å²) in [5, 5.41) is 14.0. The van der Waals surface area contributed by atoms with Crippen LogP contribution in [0.5, 0.6) is 5.75 Å². The zero-order valence-corrected chi connectivity index (χ0v) is 10.3. The van der Waals surface area contributed by atoms with Gasteiger partial charge in [-0.25, -0.2) is 0 Å². The Labute approximate surface area is 105 Å². The van der Waals surface area contributed by atoms with E-state index in [0.717, 1.165) is 18.7 Å². The van der Waals surface area contributed by atoms with E-state index >= 15 is 0 Å². The van der Waals surface area contributed by atoms with Crippen LogP contribution in [0.25, 0.3) is 11.5 Å². The van der Waals surface area contributed by atoms with Crippen molar-refractivity contribution in [3.8, 4) is 17.2 Å². The van der Waals surface area contributed by atoms with Crippen LogP contribution in [0.15, 0.2) is 22.7 Å². The number of benzene rings is 1. The molecule has 0 radical (unpaired) electrons. The molecule has 1 saturated heterocycles. The van der Waals surface area contributed by atoms with Crippen LogP contribution >= 0.6 is 0 Å². The van der Waals surface area contributed by atoms with E-state index in [-0.39, 0.29) is 5.75 Å². The lowest BCUT2D eigenvalue weighted by atomic mass is 10.1. The number of aromatic hydroxyl groups is 1. The fourth-order valence-electron chi connectivity index (χ4n) is 2.20. The summed E-state index contributed by atoms with van der Waals surface area (Å²) < 4.78 is 5.24. The topological polar surface area (TPSA) is 62.4 Å². The molecule has 1 fully saturated rings. The van der Waals surface area contributed by atoms with Gasteiger partial charge in [-0.1, -0.05) is 12.1 Å². The van der Waals surface area contributed by atoms with Gasteiger partial charge in [0.25, 0.3) is 11.8 Å². The van der Waals surface area contributed by atoms with Gasteiger partial charge in [-0.15, -0.1) is 0 Å². The van der Waals surface area contributed by atoms with Crippen LogP contribution in [-0.2, 0) is 0 Å². The second-order valence-corrected chi connectivity index (χ2v) is 4.56. The third kappa shape index (κ3) is 1.81. The minimum atomic E-state index is 0.203. The van der Waals surface area contributed by atoms with Crippen LogP contribution in [0.4, 0.5) is 5.95 Å². The zero-order chi connectivity index (χ0) is 12.5. The maximum Gasteiger partial charge on any atom is 0.266 e. The molecule has 3 rings (SSSR count). The fourth-order valence-corrected chi connectivity index (χ4v) is 2.20. The van der Waals surface area contributed by atoms with Gasteiger partial charge in [0.1, 0.15) is 5.75 Å². The molecule has 1 N–H and O–H groups in total. The number of nitrogens with zero attached hydrogens (tertiary/aromatic N) is 3. The van der Waals surface area contributed by atoms with Gasteiger partial charge in [-0.05, 0) is 36.6 Å². The predicted molar refractivity (Wildman–Crippen MR) is 67.6 cm³/mol. The lowest BCUT2D eigenvalue weighted by Crippen LogP contribution is -2.18. The van der Waals surface area contributed by atoms with Gasteiger partial charge in [0.05, 0.1) is 5.56 Å². The summed E-state index contributed by atoms with van der Waals surface area (Å²) in [6.45, 7) is 3.79. The van der Waals surface area contributed by atoms with E-state index in [2.05, 4.69) is 15.0 Å². The van der Waals surface area contributed by atoms with Crippen molar-refractivity contribution in [2.24, 2.45) is 0 Å². The Hall–Kier alpha value is -2.04. The molecule has 0 unspecified atom stereocenters. The van der Waals surface area contributed by atoms with Crippen molar-refractivity contribution in [1.29, 1.82) is 0 Å². The maximum atomic E-state index is 9.98. The number of rotatable bonds is 2. The highest BCUT2D eigenvalue weighted by Gasteiger charge is 2.20. The molecule has 5 nitrogen and oxygen atoms in total. The highest BCUT2D eigenvalue weighted by molar-refractivity contribution is 5.65. The maximum absolute atomic E-state index is 9.98. The average molecular weight is 245 g/mol. The summed E-state index contributed by atoms with van der Waals surface area (Å²) in [5.74, 6) is 1.19. The summed E-state index contributed by atoms with van der Waals surface area (Å²) >= 11 is 0. The number of aromatic nitrogens is 2. The zero-order valence-electron chi connectivity index (χ0n) is 10.3. The Morgan fingerprint density at radius 1 is 1.28 bits per heavy atom. The van der Waals surface area contributed by atoms with Gasteiger partial charge >= 0.3 is 0 Å². The lowest BCUT2D eigenvalue weighted by Gasteiger charge is -2.09. The number of phenolic OH excluding ortho intramolecular Hbond substituents is 1. The van der Waals surface area contributed by atoms with Crippen LogP contribution < -0.4 is 4.90 Å². The molecule has 18 heavy (non-hydrogen) atoms. The Bertz CT molecular complexity index is 559. The van der Waals surface area contributed by atoms with E-state index in [9.17, 15) is 5.11 Å². The number of hydrogen-bond donors (Lipinski definition) is 1. The van der Waals surface area contributed by atoms with Crippen molar-refractivity contribution in [1.82, 2.24) is 10.1 Å². The number of hydrogen-bond acceptors (Lipinski definition) is 5. The minimum Gasteiger partial charge on any atom is -0.507 e. The molecule has 0 amide bonds. The molecule has 1 aromatic heterocycles. The minimum absolute atomic E-state index is 0.203. The van der Waals surface area contributed by atoms with Crippen LogP contribution in [0, 0.1) is 6.92 Å². The molecule has 0 atom stereocenters. The number of anilines is 1. The first kappa shape index (κ1) is 11.1. The van der Waals surface area contributed by atoms with Gasteiger partial charge < -0.3 is 14.5 Å². The summed E-state index contributed by atoms with van der Waals surface area (Å²) in [4.78, 5) is 6.45.